The second kappa shape index (κ2) is 21.5. The number of rotatable bonds is 19. The zero-order valence-corrected chi connectivity index (χ0v) is 40.5. The van der Waals surface area contributed by atoms with Crippen LogP contribution in [0.15, 0.2) is 142 Å². The van der Waals surface area contributed by atoms with Crippen molar-refractivity contribution >= 4 is 68.8 Å². The number of aliphatic imine (C=N–C) groups is 2. The van der Waals surface area contributed by atoms with E-state index in [4.69, 9.17) is 33.7 Å². The number of amides is 3. The first-order valence-electron chi connectivity index (χ1n) is 23.4. The number of benzene rings is 4. The molecule has 1 N–H and O–H groups in total. The lowest BCUT2D eigenvalue weighted by Crippen LogP contribution is -2.40. The number of fused-ring (bicyclic) bond motifs is 8. The molecule has 0 radical (unpaired) electrons. The van der Waals surface area contributed by atoms with Crippen molar-refractivity contribution < 1.29 is 38.1 Å². The number of pyridine rings is 1. The molecule has 0 spiro atoms. The topological polar surface area (TPSA) is 153 Å². The Balaban J connectivity index is 0.816. The Morgan fingerprint density at radius 3 is 2.23 bits per heavy atom. The van der Waals surface area contributed by atoms with Gasteiger partial charge in [-0.25, -0.2) is 4.98 Å². The fourth-order valence-electron chi connectivity index (χ4n) is 9.33. The summed E-state index contributed by atoms with van der Waals surface area (Å²) in [6.45, 7) is 1.29. The molecule has 10 rings (SSSR count). The molecular weight excluding hydrogens is 925 g/mol. The molecule has 5 aromatic rings. The summed E-state index contributed by atoms with van der Waals surface area (Å²) < 4.78 is 31.1. The maximum Gasteiger partial charge on any atom is 0.261 e. The van der Waals surface area contributed by atoms with Crippen molar-refractivity contribution in [2.75, 3.05) is 42.9 Å². The van der Waals surface area contributed by atoms with Gasteiger partial charge in [-0.2, -0.15) is 0 Å². The number of nitrogens with one attached hydrogen (secondary N) is 1. The average molecular weight is 977 g/mol. The predicted octanol–water partition coefficient (Wildman–Crippen LogP) is 8.83. The second-order valence-electron chi connectivity index (χ2n) is 17.3. The first-order valence-corrected chi connectivity index (χ1v) is 25.7. The van der Waals surface area contributed by atoms with E-state index in [-0.39, 0.29) is 43.0 Å². The first kappa shape index (κ1) is 47.0. The van der Waals surface area contributed by atoms with E-state index in [0.29, 0.717) is 85.0 Å². The number of aromatic nitrogens is 1. The maximum atomic E-state index is 14.1. The maximum absolute atomic E-state index is 14.1. The second-order valence-corrected chi connectivity index (χ2v) is 19.8. The summed E-state index contributed by atoms with van der Waals surface area (Å²) in [5.41, 5.74) is 7.61. The van der Waals surface area contributed by atoms with E-state index < -0.39 is 12.2 Å². The van der Waals surface area contributed by atoms with Crippen LogP contribution in [0.5, 0.6) is 17.2 Å². The number of unbranched alkanes of at least 4 members (excludes halogenated alkanes) is 1. The zero-order valence-electron chi connectivity index (χ0n) is 38.8. The van der Waals surface area contributed by atoms with E-state index in [1.807, 2.05) is 108 Å². The van der Waals surface area contributed by atoms with Crippen LogP contribution in [0.25, 0.3) is 0 Å². The normalized spacial score (nSPS) is 19.4. The van der Waals surface area contributed by atoms with Gasteiger partial charge in [0.2, 0.25) is 5.91 Å². The highest BCUT2D eigenvalue weighted by atomic mass is 33.1. The lowest BCUT2D eigenvalue weighted by atomic mass is 9.97. The highest BCUT2D eigenvalue weighted by molar-refractivity contribution is 8.76. The van der Waals surface area contributed by atoms with Gasteiger partial charge >= 0.3 is 0 Å². The molecule has 5 aliphatic rings. The number of carbonyl (C=O) groups excluding carboxylic acids is 3. The highest BCUT2D eigenvalue weighted by Gasteiger charge is 2.40. The Bertz CT molecular complexity index is 2910. The Morgan fingerprint density at radius 2 is 1.49 bits per heavy atom. The van der Waals surface area contributed by atoms with Crippen LogP contribution in [0.3, 0.4) is 0 Å². The van der Waals surface area contributed by atoms with Crippen LogP contribution in [-0.2, 0) is 45.1 Å². The molecule has 1 aliphatic carbocycles. The zero-order chi connectivity index (χ0) is 48.0. The molecule has 70 heavy (non-hydrogen) atoms. The summed E-state index contributed by atoms with van der Waals surface area (Å²) >= 11 is 0. The van der Waals surface area contributed by atoms with E-state index in [1.54, 1.807) is 59.0 Å². The fraction of sp³-hybridized carbons (Fsp3) is 0.296. The molecule has 4 aliphatic heterocycles. The smallest absolute Gasteiger partial charge is 0.261 e. The number of ether oxygens (including phenoxy) is 5. The predicted molar refractivity (Wildman–Crippen MR) is 273 cm³/mol. The molecule has 0 bridgehead atoms. The minimum Gasteiger partial charge on any atom is -0.494 e. The van der Waals surface area contributed by atoms with Crippen molar-refractivity contribution in [3.8, 4) is 17.2 Å². The van der Waals surface area contributed by atoms with Crippen LogP contribution in [0.2, 0.25) is 0 Å². The quantitative estimate of drug-likeness (QED) is 0.0624. The van der Waals surface area contributed by atoms with Crippen LogP contribution >= 0.6 is 21.6 Å². The first-order chi connectivity index (χ1) is 34.3. The molecule has 358 valence electrons. The fourth-order valence-corrected chi connectivity index (χ4v) is 11.1. The van der Waals surface area contributed by atoms with Gasteiger partial charge in [0, 0.05) is 74.7 Å². The van der Waals surface area contributed by atoms with E-state index in [9.17, 15) is 14.4 Å². The van der Waals surface area contributed by atoms with Gasteiger partial charge in [0.15, 0.2) is 11.5 Å². The summed E-state index contributed by atoms with van der Waals surface area (Å²) in [7, 11) is 6.40. The lowest BCUT2D eigenvalue weighted by Gasteiger charge is -2.28. The van der Waals surface area contributed by atoms with Gasteiger partial charge in [0.05, 0.1) is 54.9 Å². The third-order valence-corrected chi connectivity index (χ3v) is 15.0. The van der Waals surface area contributed by atoms with Gasteiger partial charge in [0.1, 0.15) is 29.6 Å². The molecule has 0 saturated heterocycles. The Hall–Kier alpha value is -6.72. The van der Waals surface area contributed by atoms with Gasteiger partial charge in [-0.1, -0.05) is 53.3 Å². The van der Waals surface area contributed by atoms with E-state index in [2.05, 4.69) is 16.4 Å². The molecule has 1 aromatic heterocycles. The highest BCUT2D eigenvalue weighted by Crippen LogP contribution is 2.42. The molecule has 3 amide bonds. The standard InChI is InChI=1S/C54H52N6O8S2/c1-64-47-26-41-43(57-30-38-24-36-11-3-5-13-45(36)59(38)53(41)62)28-49(47)67-32-34-21-35(23-40(22-34)66-19-10-8-15-51(61)55-18-20-69-70-52-16-7-9-17-56-52)33-68-50-29-44-42(27-48(50)65-2)54(63)60-39(31-58-44)25-37-12-4-6-14-46(37)60/h3-7,9,11-14,16-17,21-23,26-31,38-39,47,49H,8,10,15,18-20,24-25,32-33H2,1-2H3,(H,55,61)/t38-,39-,47?,49?/m0/s1. The molecular formula is C54H52N6O8S2. The summed E-state index contributed by atoms with van der Waals surface area (Å²) in [6.07, 6.45) is 11.2. The van der Waals surface area contributed by atoms with Gasteiger partial charge in [-0.3, -0.25) is 34.2 Å². The van der Waals surface area contributed by atoms with Gasteiger partial charge in [0.25, 0.3) is 11.8 Å². The SMILES string of the molecule is COc1cc2c(cc1OCc1cc(COC3C=C4N=C[C@@H]5Cc6ccccc6N5C(=O)C4=CC3OC)cc(OCCCCC(=O)NCCSSc3ccccn3)c1)N=C[C@@H]1Cc3ccccc3N1C2=O. The van der Waals surface area contributed by atoms with Crippen molar-refractivity contribution in [1.82, 2.24) is 10.3 Å². The number of hydrogen-bond acceptors (Lipinski definition) is 13. The van der Waals surface area contributed by atoms with Gasteiger partial charge in [-0.05, 0) is 107 Å². The lowest BCUT2D eigenvalue weighted by molar-refractivity contribution is -0.121. The Morgan fingerprint density at radius 1 is 0.757 bits per heavy atom. The van der Waals surface area contributed by atoms with Crippen LogP contribution in [0.4, 0.5) is 17.1 Å². The largest absolute Gasteiger partial charge is 0.494 e. The van der Waals surface area contributed by atoms with Crippen molar-refractivity contribution in [1.29, 1.82) is 0 Å². The van der Waals surface area contributed by atoms with Crippen LogP contribution in [0, 0.1) is 0 Å². The molecule has 0 saturated carbocycles. The summed E-state index contributed by atoms with van der Waals surface area (Å²) in [4.78, 5) is 58.2. The van der Waals surface area contributed by atoms with Crippen LogP contribution < -0.4 is 29.3 Å². The third kappa shape index (κ3) is 10.3. The third-order valence-electron chi connectivity index (χ3n) is 12.7. The van der Waals surface area contributed by atoms with E-state index >= 15 is 0 Å². The van der Waals surface area contributed by atoms with Crippen molar-refractivity contribution in [2.24, 2.45) is 9.98 Å². The van der Waals surface area contributed by atoms with Crippen LogP contribution in [0.1, 0.15) is 51.9 Å². The molecule has 4 atom stereocenters. The Labute approximate surface area is 414 Å². The number of methoxy groups -OCH3 is 2. The molecule has 4 aromatic carbocycles. The molecule has 5 heterocycles. The summed E-state index contributed by atoms with van der Waals surface area (Å²) in [6, 6.07) is 30.7. The monoisotopic (exact) mass is 976 g/mol. The number of hydrogen-bond donors (Lipinski definition) is 1. The molecule has 2 unspecified atom stereocenters. The molecule has 0 fully saturated rings. The number of carbonyl (C=O) groups is 3. The number of anilines is 2. The van der Waals surface area contributed by atoms with Gasteiger partial charge in [-0.15, -0.1) is 0 Å². The number of para-hydroxylation sites is 2. The molecule has 16 heteroatoms. The number of nitrogens with zero attached hydrogens (tertiary/aromatic N) is 5. The summed E-state index contributed by atoms with van der Waals surface area (Å²) in [5, 5.41) is 3.95. The van der Waals surface area contributed by atoms with Crippen molar-refractivity contribution in [3.05, 3.63) is 154 Å². The minimum absolute atomic E-state index is 0.00890. The summed E-state index contributed by atoms with van der Waals surface area (Å²) in [5.74, 6) is 1.97. The van der Waals surface area contributed by atoms with Crippen molar-refractivity contribution in [2.45, 2.75) is 74.6 Å². The Kier molecular flexibility index (Phi) is 14.4. The molecule has 14 nitrogen and oxygen atoms in total. The van der Waals surface area contributed by atoms with Crippen molar-refractivity contribution in [3.63, 3.8) is 0 Å². The van der Waals surface area contributed by atoms with Crippen LogP contribution in [-0.4, -0.2) is 92.6 Å². The van der Waals surface area contributed by atoms with Gasteiger partial charge < -0.3 is 29.0 Å². The average Bonchev–Trinajstić information content (AvgIpc) is 3.88. The van der Waals surface area contributed by atoms with E-state index in [0.717, 1.165) is 44.4 Å². The van der Waals surface area contributed by atoms with E-state index in [1.165, 1.54) is 0 Å². The minimum atomic E-state index is -0.544.